The van der Waals surface area contributed by atoms with E-state index in [1.54, 1.807) is 10.7 Å². The lowest BCUT2D eigenvalue weighted by Crippen LogP contribution is -2.29. The summed E-state index contributed by atoms with van der Waals surface area (Å²) in [5.41, 5.74) is 4.28. The van der Waals surface area contributed by atoms with Gasteiger partial charge in [0.1, 0.15) is 11.1 Å². The van der Waals surface area contributed by atoms with Gasteiger partial charge in [-0.1, -0.05) is 30.3 Å². The Morgan fingerprint density at radius 3 is 2.83 bits per heavy atom. The molecule has 1 N–H and O–H groups in total. The smallest absolute Gasteiger partial charge is 0.276 e. The summed E-state index contributed by atoms with van der Waals surface area (Å²) in [6, 6.07) is 14.5. The van der Waals surface area contributed by atoms with Crippen LogP contribution in [0.4, 0.5) is 5.00 Å². The van der Waals surface area contributed by atoms with Gasteiger partial charge in [0, 0.05) is 36.8 Å². The third kappa shape index (κ3) is 3.95. The van der Waals surface area contributed by atoms with E-state index in [9.17, 15) is 10.1 Å². The zero-order valence-corrected chi connectivity index (χ0v) is 17.4. The second kappa shape index (κ2) is 8.19. The van der Waals surface area contributed by atoms with Crippen LogP contribution in [-0.4, -0.2) is 27.1 Å². The van der Waals surface area contributed by atoms with Crippen molar-refractivity contribution in [2.75, 3.05) is 11.9 Å². The van der Waals surface area contributed by atoms with Crippen molar-refractivity contribution in [3.05, 3.63) is 69.4 Å². The third-order valence-corrected chi connectivity index (χ3v) is 6.37. The van der Waals surface area contributed by atoms with Gasteiger partial charge < -0.3 is 5.32 Å². The fraction of sp³-hybridized carbons (Fsp3) is 0.318. The van der Waals surface area contributed by atoms with E-state index in [-0.39, 0.29) is 5.91 Å². The van der Waals surface area contributed by atoms with Crippen LogP contribution in [-0.2, 0) is 26.1 Å². The van der Waals surface area contributed by atoms with E-state index >= 15 is 0 Å². The molecule has 0 saturated heterocycles. The molecule has 148 valence electrons. The second-order valence-corrected chi connectivity index (χ2v) is 8.31. The maximum absolute atomic E-state index is 12.7. The molecule has 0 spiro atoms. The topological polar surface area (TPSA) is 74.0 Å². The number of carbonyl (C=O) groups excluding carboxylic acids is 1. The number of benzene rings is 1. The SMILES string of the molecule is CCn1nc(C(=O)Nc2sc3c(c2C#N)CCN(Cc2ccccc2)C3)cc1C. The van der Waals surface area contributed by atoms with Crippen LogP contribution in [0.3, 0.4) is 0 Å². The third-order valence-electron chi connectivity index (χ3n) is 5.24. The van der Waals surface area contributed by atoms with Crippen LogP contribution in [0.2, 0.25) is 0 Å². The molecule has 0 saturated carbocycles. The molecule has 3 heterocycles. The molecule has 1 aliphatic heterocycles. The van der Waals surface area contributed by atoms with E-state index in [1.807, 2.05) is 19.9 Å². The number of hydrogen-bond acceptors (Lipinski definition) is 5. The standard InChI is InChI=1S/C22H23N5OS/c1-3-27-15(2)11-19(25-27)21(28)24-22-18(12-23)17-9-10-26(14-20(17)29-22)13-16-7-5-4-6-8-16/h4-8,11H,3,9-10,13-14H2,1-2H3,(H,24,28). The maximum atomic E-state index is 12.7. The molecule has 4 rings (SSSR count). The summed E-state index contributed by atoms with van der Waals surface area (Å²) in [7, 11) is 0. The number of anilines is 1. The van der Waals surface area contributed by atoms with Crippen molar-refractivity contribution in [3.63, 3.8) is 0 Å². The predicted octanol–water partition coefficient (Wildman–Crippen LogP) is 3.96. The van der Waals surface area contributed by atoms with Gasteiger partial charge in [-0.3, -0.25) is 14.4 Å². The molecule has 6 nitrogen and oxygen atoms in total. The molecule has 0 unspecified atom stereocenters. The Bertz CT molecular complexity index is 1080. The van der Waals surface area contributed by atoms with E-state index in [1.165, 1.54) is 16.9 Å². The molecule has 0 fully saturated rings. The van der Waals surface area contributed by atoms with Gasteiger partial charge in [-0.05, 0) is 37.5 Å². The van der Waals surface area contributed by atoms with Crippen molar-refractivity contribution in [2.24, 2.45) is 0 Å². The fourth-order valence-electron chi connectivity index (χ4n) is 3.75. The molecule has 1 amide bonds. The molecule has 0 aliphatic carbocycles. The lowest BCUT2D eigenvalue weighted by molar-refractivity contribution is 0.102. The summed E-state index contributed by atoms with van der Waals surface area (Å²) in [5, 5.41) is 17.6. The minimum absolute atomic E-state index is 0.267. The molecule has 2 aromatic heterocycles. The van der Waals surface area contributed by atoms with Crippen molar-refractivity contribution in [1.82, 2.24) is 14.7 Å². The number of nitrogens with one attached hydrogen (secondary N) is 1. The first kappa shape index (κ1) is 19.4. The van der Waals surface area contributed by atoms with E-state index in [0.29, 0.717) is 22.8 Å². The molecule has 0 atom stereocenters. The lowest BCUT2D eigenvalue weighted by Gasteiger charge is -2.26. The van der Waals surface area contributed by atoms with Crippen molar-refractivity contribution < 1.29 is 4.79 Å². The van der Waals surface area contributed by atoms with Gasteiger partial charge >= 0.3 is 0 Å². The van der Waals surface area contributed by atoms with Gasteiger partial charge in [-0.2, -0.15) is 10.4 Å². The molecule has 0 radical (unpaired) electrons. The van der Waals surface area contributed by atoms with Crippen molar-refractivity contribution >= 4 is 22.2 Å². The highest BCUT2D eigenvalue weighted by molar-refractivity contribution is 7.16. The number of fused-ring (bicyclic) bond motifs is 1. The molecular weight excluding hydrogens is 382 g/mol. The number of nitriles is 1. The van der Waals surface area contributed by atoms with Crippen LogP contribution in [0.15, 0.2) is 36.4 Å². The largest absolute Gasteiger partial charge is 0.311 e. The van der Waals surface area contributed by atoms with Crippen LogP contribution < -0.4 is 5.32 Å². The minimum atomic E-state index is -0.267. The zero-order valence-electron chi connectivity index (χ0n) is 16.6. The van der Waals surface area contributed by atoms with Crippen LogP contribution in [0.25, 0.3) is 0 Å². The van der Waals surface area contributed by atoms with Gasteiger partial charge in [-0.15, -0.1) is 11.3 Å². The van der Waals surface area contributed by atoms with Crippen molar-refractivity contribution in [3.8, 4) is 6.07 Å². The summed E-state index contributed by atoms with van der Waals surface area (Å²) >= 11 is 1.51. The maximum Gasteiger partial charge on any atom is 0.276 e. The van der Waals surface area contributed by atoms with Crippen molar-refractivity contribution in [2.45, 2.75) is 39.9 Å². The molecule has 0 bridgehead atoms. The number of nitrogens with zero attached hydrogens (tertiary/aromatic N) is 4. The zero-order chi connectivity index (χ0) is 20.4. The van der Waals surface area contributed by atoms with Crippen LogP contribution >= 0.6 is 11.3 Å². The molecule has 7 heteroatoms. The van der Waals surface area contributed by atoms with E-state index < -0.39 is 0 Å². The van der Waals surface area contributed by atoms with Crippen LogP contribution in [0.1, 0.15) is 44.7 Å². The number of thiophene rings is 1. The molecule has 1 aromatic carbocycles. The van der Waals surface area contributed by atoms with E-state index in [4.69, 9.17) is 0 Å². The Kier molecular flexibility index (Phi) is 5.47. The Morgan fingerprint density at radius 2 is 2.14 bits per heavy atom. The highest BCUT2D eigenvalue weighted by Crippen LogP contribution is 2.37. The van der Waals surface area contributed by atoms with Gasteiger partial charge in [0.15, 0.2) is 5.69 Å². The number of aromatic nitrogens is 2. The van der Waals surface area contributed by atoms with E-state index in [2.05, 4.69) is 45.7 Å². The van der Waals surface area contributed by atoms with Gasteiger partial charge in [0.25, 0.3) is 5.91 Å². The monoisotopic (exact) mass is 405 g/mol. The van der Waals surface area contributed by atoms with Crippen LogP contribution in [0, 0.1) is 18.3 Å². The van der Waals surface area contributed by atoms with E-state index in [0.717, 1.165) is 42.2 Å². The lowest BCUT2D eigenvalue weighted by atomic mass is 10.0. The first-order valence-electron chi connectivity index (χ1n) is 9.75. The van der Waals surface area contributed by atoms with Crippen molar-refractivity contribution in [1.29, 1.82) is 5.26 Å². The number of carbonyl (C=O) groups is 1. The van der Waals surface area contributed by atoms with Gasteiger partial charge in [0.2, 0.25) is 0 Å². The highest BCUT2D eigenvalue weighted by Gasteiger charge is 2.26. The Hall–Kier alpha value is -2.95. The summed E-state index contributed by atoms with van der Waals surface area (Å²) in [5.74, 6) is -0.267. The number of hydrogen-bond donors (Lipinski definition) is 1. The summed E-state index contributed by atoms with van der Waals surface area (Å²) in [4.78, 5) is 16.2. The first-order valence-corrected chi connectivity index (χ1v) is 10.6. The fourth-order valence-corrected chi connectivity index (χ4v) is 4.98. The second-order valence-electron chi connectivity index (χ2n) is 7.21. The average molecular weight is 406 g/mol. The van der Waals surface area contributed by atoms with Gasteiger partial charge in [-0.25, -0.2) is 0 Å². The number of amides is 1. The van der Waals surface area contributed by atoms with Gasteiger partial charge in [0.05, 0.1) is 5.56 Å². The first-order chi connectivity index (χ1) is 14.1. The summed E-state index contributed by atoms with van der Waals surface area (Å²) in [6.45, 7) is 7.22. The van der Waals surface area contributed by atoms with Crippen LogP contribution in [0.5, 0.6) is 0 Å². The Morgan fingerprint density at radius 1 is 1.34 bits per heavy atom. The quantitative estimate of drug-likeness (QED) is 0.697. The molecule has 29 heavy (non-hydrogen) atoms. The minimum Gasteiger partial charge on any atom is -0.311 e. The normalized spacial score (nSPS) is 13.7. The highest BCUT2D eigenvalue weighted by atomic mass is 32.1. The molecular formula is C22H23N5OS. The summed E-state index contributed by atoms with van der Waals surface area (Å²) in [6.07, 6.45) is 0.820. The Labute approximate surface area is 174 Å². The predicted molar refractivity (Wildman–Crippen MR) is 114 cm³/mol. The molecule has 3 aromatic rings. The average Bonchev–Trinajstić information content (AvgIpc) is 3.27. The summed E-state index contributed by atoms with van der Waals surface area (Å²) < 4.78 is 1.79. The number of rotatable bonds is 5. The number of aryl methyl sites for hydroxylation is 2. The molecule has 1 aliphatic rings. The Balaban J connectivity index is 1.52.